The first-order chi connectivity index (χ1) is 7.10. The summed E-state index contributed by atoms with van der Waals surface area (Å²) in [6.07, 6.45) is 1.94. The number of carbonyl (C=O) groups is 1. The van der Waals surface area contributed by atoms with Crippen LogP contribution < -0.4 is 5.73 Å². The second-order valence-corrected chi connectivity index (χ2v) is 3.87. The predicted molar refractivity (Wildman–Crippen MR) is 64.8 cm³/mol. The van der Waals surface area contributed by atoms with Crippen molar-refractivity contribution in [1.29, 1.82) is 0 Å². The van der Waals surface area contributed by atoms with E-state index >= 15 is 0 Å². The maximum Gasteiger partial charge on any atom is 0.320 e. The molecule has 0 aliphatic carbocycles. The smallest absolute Gasteiger partial charge is 0.320 e. The highest BCUT2D eigenvalue weighted by molar-refractivity contribution is 7.80. The Kier molecular flexibility index (Phi) is 8.22. The van der Waals surface area contributed by atoms with Crippen LogP contribution in [0.4, 0.5) is 0 Å². The van der Waals surface area contributed by atoms with Gasteiger partial charge in [0.2, 0.25) is 0 Å². The lowest BCUT2D eigenvalue weighted by Crippen LogP contribution is -2.37. The Labute approximate surface area is 96.8 Å². The van der Waals surface area contributed by atoms with E-state index in [-0.39, 0.29) is 12.5 Å². The summed E-state index contributed by atoms with van der Waals surface area (Å²) in [6, 6.07) is 0. The van der Waals surface area contributed by atoms with Gasteiger partial charge in [0.1, 0.15) is 0 Å². The van der Waals surface area contributed by atoms with E-state index in [1.165, 1.54) is 0 Å². The van der Waals surface area contributed by atoms with Crippen LogP contribution in [0.5, 0.6) is 0 Å². The highest BCUT2D eigenvalue weighted by Crippen LogP contribution is 1.93. The molecule has 0 bridgehead atoms. The summed E-state index contributed by atoms with van der Waals surface area (Å²) in [5.74, 6) is -0.207. The normalized spacial score (nSPS) is 10.3. The second kappa shape index (κ2) is 8.61. The molecule has 15 heavy (non-hydrogen) atoms. The second-order valence-electron chi connectivity index (χ2n) is 3.34. The molecule has 0 saturated heterocycles. The molecule has 0 unspecified atom stereocenters. The average Bonchev–Trinajstić information content (AvgIpc) is 2.16. The molecule has 0 aromatic carbocycles. The first-order valence-electron chi connectivity index (χ1n) is 5.26. The van der Waals surface area contributed by atoms with Gasteiger partial charge in [-0.1, -0.05) is 32.5 Å². The van der Waals surface area contributed by atoms with E-state index < -0.39 is 0 Å². The van der Waals surface area contributed by atoms with Gasteiger partial charge in [0.15, 0.2) is 0 Å². The van der Waals surface area contributed by atoms with Gasteiger partial charge >= 0.3 is 5.97 Å². The fraction of sp³-hybridized carbons (Fsp3) is 0.800. The van der Waals surface area contributed by atoms with Gasteiger partial charge in [-0.2, -0.15) is 0 Å². The lowest BCUT2D eigenvalue weighted by Gasteiger charge is -2.18. The number of ether oxygens (including phenoxy) is 1. The Bertz CT molecular complexity index is 210. The molecule has 0 saturated carbocycles. The first-order valence-corrected chi connectivity index (χ1v) is 5.67. The van der Waals surface area contributed by atoms with Crippen molar-refractivity contribution in [3.63, 3.8) is 0 Å². The molecule has 88 valence electrons. The number of nitrogens with zero attached hydrogens (tertiary/aromatic N) is 1. The fourth-order valence-corrected chi connectivity index (χ4v) is 1.24. The quantitative estimate of drug-likeness (QED) is 0.383. The minimum Gasteiger partial charge on any atom is -0.465 e. The van der Waals surface area contributed by atoms with Crippen LogP contribution in [0, 0.1) is 0 Å². The van der Waals surface area contributed by atoms with Crippen LogP contribution in [-0.4, -0.2) is 42.1 Å². The Balaban J connectivity index is 3.75. The molecule has 0 amide bonds. The molecular weight excluding hydrogens is 212 g/mol. The number of hydrogen-bond donors (Lipinski definition) is 1. The van der Waals surface area contributed by atoms with Crippen LogP contribution in [0.3, 0.4) is 0 Å². The van der Waals surface area contributed by atoms with E-state index in [1.807, 2.05) is 11.8 Å². The molecule has 0 radical (unpaired) electrons. The SMILES string of the molecule is CCCCOC(=O)CN(CC)CC(N)=S. The molecule has 0 aromatic heterocycles. The minimum atomic E-state index is -0.207. The third kappa shape index (κ3) is 8.32. The molecule has 5 heteroatoms. The van der Waals surface area contributed by atoms with Crippen molar-refractivity contribution >= 4 is 23.2 Å². The predicted octanol–water partition coefficient (Wildman–Crippen LogP) is 0.938. The lowest BCUT2D eigenvalue weighted by molar-refractivity contribution is -0.144. The van der Waals surface area contributed by atoms with Gasteiger partial charge in [0.05, 0.1) is 18.1 Å². The molecule has 4 nitrogen and oxygen atoms in total. The summed E-state index contributed by atoms with van der Waals surface area (Å²) in [7, 11) is 0. The van der Waals surface area contributed by atoms with Crippen LogP contribution in [0.25, 0.3) is 0 Å². The van der Waals surface area contributed by atoms with E-state index in [4.69, 9.17) is 22.7 Å². The number of nitrogens with two attached hydrogens (primary N) is 1. The standard InChI is InChI=1S/C10H20N2O2S/c1-3-5-6-14-10(13)8-12(4-2)7-9(11)15/h3-8H2,1-2H3,(H2,11,15). The topological polar surface area (TPSA) is 55.6 Å². The lowest BCUT2D eigenvalue weighted by atomic mass is 10.4. The van der Waals surface area contributed by atoms with Gasteiger partial charge < -0.3 is 10.5 Å². The van der Waals surface area contributed by atoms with Gasteiger partial charge in [-0.05, 0) is 13.0 Å². The van der Waals surface area contributed by atoms with Crippen molar-refractivity contribution in [2.45, 2.75) is 26.7 Å². The summed E-state index contributed by atoms with van der Waals surface area (Å²) >= 11 is 4.78. The molecule has 0 aromatic rings. The summed E-state index contributed by atoms with van der Waals surface area (Å²) in [6.45, 7) is 5.98. The molecule has 0 spiro atoms. The zero-order valence-corrected chi connectivity index (χ0v) is 10.3. The third-order valence-electron chi connectivity index (χ3n) is 1.94. The molecule has 0 fully saturated rings. The van der Waals surface area contributed by atoms with Gasteiger partial charge in [0, 0.05) is 6.54 Å². The van der Waals surface area contributed by atoms with Crippen molar-refractivity contribution in [3.8, 4) is 0 Å². The number of likely N-dealkylation sites (N-methyl/N-ethyl adjacent to an activating group) is 1. The van der Waals surface area contributed by atoms with Crippen molar-refractivity contribution < 1.29 is 9.53 Å². The number of carbonyl (C=O) groups excluding carboxylic acids is 1. The van der Waals surface area contributed by atoms with E-state index in [0.717, 1.165) is 19.4 Å². The highest BCUT2D eigenvalue weighted by atomic mass is 32.1. The Morgan fingerprint density at radius 1 is 1.40 bits per heavy atom. The largest absolute Gasteiger partial charge is 0.465 e. The van der Waals surface area contributed by atoms with E-state index in [1.54, 1.807) is 0 Å². The fourth-order valence-electron chi connectivity index (χ4n) is 1.06. The van der Waals surface area contributed by atoms with Crippen LogP contribution in [0.1, 0.15) is 26.7 Å². The van der Waals surface area contributed by atoms with Crippen molar-refractivity contribution in [2.24, 2.45) is 5.73 Å². The molecule has 0 atom stereocenters. The zero-order valence-electron chi connectivity index (χ0n) is 9.49. The maximum absolute atomic E-state index is 11.3. The Hall–Kier alpha value is -0.680. The molecule has 2 N–H and O–H groups in total. The first kappa shape index (κ1) is 14.3. The molecular formula is C10H20N2O2S. The van der Waals surface area contributed by atoms with E-state index in [9.17, 15) is 4.79 Å². The minimum absolute atomic E-state index is 0.207. The number of hydrogen-bond acceptors (Lipinski definition) is 4. The number of esters is 1. The third-order valence-corrected chi connectivity index (χ3v) is 2.07. The summed E-state index contributed by atoms with van der Waals surface area (Å²) < 4.78 is 5.03. The van der Waals surface area contributed by atoms with Crippen LogP contribution in [-0.2, 0) is 9.53 Å². The van der Waals surface area contributed by atoms with Gasteiger partial charge in [-0.15, -0.1) is 0 Å². The van der Waals surface area contributed by atoms with Crippen molar-refractivity contribution in [1.82, 2.24) is 4.90 Å². The monoisotopic (exact) mass is 232 g/mol. The molecule has 0 rings (SSSR count). The number of thiocarbonyl (C=S) groups is 1. The summed E-state index contributed by atoms with van der Waals surface area (Å²) in [5.41, 5.74) is 5.40. The number of rotatable bonds is 8. The molecule has 0 aliphatic heterocycles. The van der Waals surface area contributed by atoms with E-state index in [2.05, 4.69) is 6.92 Å². The van der Waals surface area contributed by atoms with Crippen LogP contribution in [0.15, 0.2) is 0 Å². The summed E-state index contributed by atoms with van der Waals surface area (Å²) in [4.78, 5) is 13.6. The van der Waals surface area contributed by atoms with Crippen molar-refractivity contribution in [3.05, 3.63) is 0 Å². The maximum atomic E-state index is 11.3. The Morgan fingerprint density at radius 3 is 2.53 bits per heavy atom. The number of unbranched alkanes of at least 4 members (excludes halogenated alkanes) is 1. The van der Waals surface area contributed by atoms with Gasteiger partial charge in [-0.3, -0.25) is 9.69 Å². The van der Waals surface area contributed by atoms with Crippen molar-refractivity contribution in [2.75, 3.05) is 26.2 Å². The molecule has 0 heterocycles. The molecule has 0 aliphatic rings. The van der Waals surface area contributed by atoms with Gasteiger partial charge in [-0.25, -0.2) is 0 Å². The highest BCUT2D eigenvalue weighted by Gasteiger charge is 2.10. The van der Waals surface area contributed by atoms with Crippen LogP contribution in [0.2, 0.25) is 0 Å². The zero-order chi connectivity index (χ0) is 11.7. The van der Waals surface area contributed by atoms with Gasteiger partial charge in [0.25, 0.3) is 0 Å². The van der Waals surface area contributed by atoms with E-state index in [0.29, 0.717) is 18.1 Å². The average molecular weight is 232 g/mol. The summed E-state index contributed by atoms with van der Waals surface area (Å²) in [5, 5.41) is 0. The Morgan fingerprint density at radius 2 is 2.07 bits per heavy atom. The van der Waals surface area contributed by atoms with Crippen LogP contribution >= 0.6 is 12.2 Å².